The summed E-state index contributed by atoms with van der Waals surface area (Å²) in [6.07, 6.45) is 13.4. The van der Waals surface area contributed by atoms with Crippen molar-refractivity contribution in [3.63, 3.8) is 0 Å². The summed E-state index contributed by atoms with van der Waals surface area (Å²) in [4.78, 5) is 11.8. The molecule has 1 aliphatic carbocycles. The van der Waals surface area contributed by atoms with Crippen molar-refractivity contribution in [1.82, 2.24) is 25.1 Å². The normalized spacial score (nSPS) is 14.0. The van der Waals surface area contributed by atoms with Crippen LogP contribution in [0.5, 0.6) is 0 Å². The van der Waals surface area contributed by atoms with Crippen LogP contribution in [0.4, 0.5) is 8.78 Å². The van der Waals surface area contributed by atoms with Crippen LogP contribution in [0.3, 0.4) is 0 Å². The molecule has 0 unspecified atom stereocenters. The van der Waals surface area contributed by atoms with Crippen molar-refractivity contribution >= 4 is 22.5 Å². The number of nitrogens with two attached hydrogens (primary N) is 1. The lowest BCUT2D eigenvalue weighted by molar-refractivity contribution is 0.441. The molecule has 0 atom stereocenters. The zero-order chi connectivity index (χ0) is 25.1. The second-order valence-corrected chi connectivity index (χ2v) is 9.30. The maximum atomic E-state index is 14.4. The second-order valence-electron chi connectivity index (χ2n) is 8.89. The minimum absolute atomic E-state index is 0.147. The summed E-state index contributed by atoms with van der Waals surface area (Å²) in [6.45, 7) is 0. The van der Waals surface area contributed by atoms with E-state index in [4.69, 9.17) is 17.3 Å². The Morgan fingerprint density at radius 2 is 1.69 bits per heavy atom. The first-order valence-corrected chi connectivity index (χ1v) is 12.2. The number of aromatic nitrogens is 5. The van der Waals surface area contributed by atoms with Gasteiger partial charge < -0.3 is 10.7 Å². The number of nitrogens with one attached hydrogen (secondary N) is 2. The summed E-state index contributed by atoms with van der Waals surface area (Å²) in [5, 5.41) is 7.49. The number of imidazole rings is 1. The molecule has 0 amide bonds. The first-order chi connectivity index (χ1) is 17.5. The maximum absolute atomic E-state index is 14.4. The molecule has 5 aromatic rings. The van der Waals surface area contributed by atoms with Gasteiger partial charge in [-0.25, -0.2) is 13.8 Å². The van der Waals surface area contributed by atoms with Crippen molar-refractivity contribution in [3.8, 4) is 33.6 Å². The molecule has 0 spiro atoms. The lowest BCUT2D eigenvalue weighted by Gasteiger charge is -2.15. The molecule has 3 aromatic heterocycles. The Kier molecular flexibility index (Phi) is 7.06. The van der Waals surface area contributed by atoms with Crippen molar-refractivity contribution in [2.24, 2.45) is 5.73 Å². The Bertz CT molecular complexity index is 1480. The maximum Gasteiger partial charge on any atom is 0.144 e. The summed E-state index contributed by atoms with van der Waals surface area (Å²) in [5.74, 6) is -1.53. The lowest BCUT2D eigenvalue weighted by Crippen LogP contribution is -2.22. The van der Waals surface area contributed by atoms with Gasteiger partial charge in [0.05, 0.1) is 34.5 Å². The van der Waals surface area contributed by atoms with Crippen LogP contribution in [-0.4, -0.2) is 31.2 Å². The van der Waals surface area contributed by atoms with Crippen LogP contribution in [0.15, 0.2) is 61.3 Å². The van der Waals surface area contributed by atoms with Gasteiger partial charge in [-0.05, 0) is 37.1 Å². The van der Waals surface area contributed by atoms with Gasteiger partial charge in [0.1, 0.15) is 11.6 Å². The molecule has 2 aromatic carbocycles. The molecule has 4 N–H and O–H groups in total. The third-order valence-corrected chi connectivity index (χ3v) is 6.64. The minimum atomic E-state index is -0.808. The molecule has 36 heavy (non-hydrogen) atoms. The Balaban J connectivity index is 0.000000330. The van der Waals surface area contributed by atoms with Gasteiger partial charge in [0, 0.05) is 52.1 Å². The lowest BCUT2D eigenvalue weighted by atomic mass is 9.97. The van der Waals surface area contributed by atoms with Crippen LogP contribution >= 0.6 is 11.6 Å². The van der Waals surface area contributed by atoms with E-state index in [0.717, 1.165) is 33.7 Å². The third kappa shape index (κ3) is 5.15. The monoisotopic (exact) mass is 506 g/mol. The fourth-order valence-electron chi connectivity index (χ4n) is 4.41. The van der Waals surface area contributed by atoms with Crippen LogP contribution in [0, 0.1) is 11.6 Å². The number of benzene rings is 2. The number of pyridine rings is 1. The SMILES string of the molecule is Fc1cc(F)c(-c2[nH]cnc2-c2ccc3ncc(-c4cn[nH]c4)cc3c2)cc1Cl.NC1CCCCC1. The predicted molar refractivity (Wildman–Crippen MR) is 138 cm³/mol. The van der Waals surface area contributed by atoms with Gasteiger partial charge in [0.15, 0.2) is 0 Å². The van der Waals surface area contributed by atoms with Gasteiger partial charge in [-0.2, -0.15) is 5.10 Å². The highest BCUT2D eigenvalue weighted by molar-refractivity contribution is 6.31. The highest BCUT2D eigenvalue weighted by Gasteiger charge is 2.17. The molecular formula is C27H25ClF2N6. The number of nitrogens with zero attached hydrogens (tertiary/aromatic N) is 3. The van der Waals surface area contributed by atoms with Crippen LogP contribution < -0.4 is 5.73 Å². The smallest absolute Gasteiger partial charge is 0.144 e. The zero-order valence-electron chi connectivity index (χ0n) is 19.4. The van der Waals surface area contributed by atoms with Crippen molar-refractivity contribution in [3.05, 3.63) is 78.0 Å². The standard InChI is InChI=1S/C21H12ClF2N5.C6H13N/c22-16-5-15(17(23)6-18(16)24)21-20(26-10-27-21)11-1-2-19-12(3-11)4-13(7-25-19)14-8-28-29-9-14;7-6-4-2-1-3-5-6/h1-10H,(H,26,27)(H,28,29);6H,1-5,7H2. The second kappa shape index (κ2) is 10.6. The molecule has 1 aliphatic rings. The van der Waals surface area contributed by atoms with E-state index in [9.17, 15) is 8.78 Å². The highest BCUT2D eigenvalue weighted by atomic mass is 35.5. The molecule has 6 nitrogen and oxygen atoms in total. The van der Waals surface area contributed by atoms with E-state index in [1.54, 1.807) is 18.6 Å². The number of hydrogen-bond donors (Lipinski definition) is 3. The van der Waals surface area contributed by atoms with Gasteiger partial charge >= 0.3 is 0 Å². The van der Waals surface area contributed by atoms with Crippen molar-refractivity contribution in [2.45, 2.75) is 38.1 Å². The number of halogens is 3. The first kappa shape index (κ1) is 24.1. The molecule has 0 saturated heterocycles. The van der Waals surface area contributed by atoms with E-state index in [-0.39, 0.29) is 10.6 Å². The topological polar surface area (TPSA) is 96.3 Å². The summed E-state index contributed by atoms with van der Waals surface area (Å²) >= 11 is 5.85. The quantitative estimate of drug-likeness (QED) is 0.232. The molecule has 6 rings (SSSR count). The Morgan fingerprint density at radius 1 is 0.889 bits per heavy atom. The highest BCUT2D eigenvalue weighted by Crippen LogP contribution is 2.34. The minimum Gasteiger partial charge on any atom is -0.344 e. The largest absolute Gasteiger partial charge is 0.344 e. The number of hydrogen-bond acceptors (Lipinski definition) is 4. The van der Waals surface area contributed by atoms with E-state index in [1.807, 2.05) is 24.3 Å². The number of aromatic amines is 2. The summed E-state index contributed by atoms with van der Waals surface area (Å²) in [7, 11) is 0. The van der Waals surface area contributed by atoms with Crippen molar-refractivity contribution in [1.29, 1.82) is 0 Å². The predicted octanol–water partition coefficient (Wildman–Crippen LogP) is 6.89. The molecule has 9 heteroatoms. The zero-order valence-corrected chi connectivity index (χ0v) is 20.2. The van der Waals surface area contributed by atoms with E-state index in [1.165, 1.54) is 44.5 Å². The van der Waals surface area contributed by atoms with Crippen molar-refractivity contribution in [2.75, 3.05) is 0 Å². The average Bonchev–Trinajstić information content (AvgIpc) is 3.59. The summed E-state index contributed by atoms with van der Waals surface area (Å²) < 4.78 is 27.9. The van der Waals surface area contributed by atoms with E-state index in [0.29, 0.717) is 17.4 Å². The fraction of sp³-hybridized carbons (Fsp3) is 0.222. The molecule has 1 saturated carbocycles. The van der Waals surface area contributed by atoms with Crippen LogP contribution in [0.1, 0.15) is 32.1 Å². The Labute approximate surface area is 211 Å². The molecule has 0 aliphatic heterocycles. The molecule has 1 fully saturated rings. The van der Waals surface area contributed by atoms with Gasteiger partial charge in [-0.3, -0.25) is 10.1 Å². The van der Waals surface area contributed by atoms with Gasteiger partial charge in [-0.15, -0.1) is 0 Å². The van der Waals surface area contributed by atoms with Gasteiger partial charge in [-0.1, -0.05) is 36.9 Å². The average molecular weight is 507 g/mol. The molecule has 0 radical (unpaired) electrons. The van der Waals surface area contributed by atoms with E-state index < -0.39 is 11.6 Å². The number of rotatable bonds is 3. The first-order valence-electron chi connectivity index (χ1n) is 11.8. The third-order valence-electron chi connectivity index (χ3n) is 6.35. The van der Waals surface area contributed by atoms with Crippen molar-refractivity contribution < 1.29 is 8.78 Å². The van der Waals surface area contributed by atoms with Crippen LogP contribution in [-0.2, 0) is 0 Å². The molecule has 184 valence electrons. The Morgan fingerprint density at radius 3 is 2.42 bits per heavy atom. The van der Waals surface area contributed by atoms with Gasteiger partial charge in [0.25, 0.3) is 0 Å². The Hall–Kier alpha value is -3.62. The van der Waals surface area contributed by atoms with Gasteiger partial charge in [0.2, 0.25) is 0 Å². The fourth-order valence-corrected chi connectivity index (χ4v) is 4.58. The summed E-state index contributed by atoms with van der Waals surface area (Å²) in [5.41, 5.74) is 10.2. The number of H-pyrrole nitrogens is 2. The molecule has 0 bridgehead atoms. The molecular weight excluding hydrogens is 482 g/mol. The van der Waals surface area contributed by atoms with Crippen LogP contribution in [0.25, 0.3) is 44.5 Å². The van der Waals surface area contributed by atoms with E-state index >= 15 is 0 Å². The van der Waals surface area contributed by atoms with E-state index in [2.05, 4.69) is 25.1 Å². The summed E-state index contributed by atoms with van der Waals surface area (Å²) in [6, 6.07) is 10.2. The van der Waals surface area contributed by atoms with Crippen LogP contribution in [0.2, 0.25) is 5.02 Å². The number of fused-ring (bicyclic) bond motifs is 1. The molecule has 3 heterocycles.